The van der Waals surface area contributed by atoms with Gasteiger partial charge >= 0.3 is 12.2 Å². The molecule has 3 aromatic rings. The Labute approximate surface area is 224 Å². The average Bonchev–Trinajstić information content (AvgIpc) is 2.89. The molecule has 0 saturated heterocycles. The summed E-state index contributed by atoms with van der Waals surface area (Å²) < 4.78 is 39.3. The van der Waals surface area contributed by atoms with E-state index in [1.54, 1.807) is 17.0 Å². The van der Waals surface area contributed by atoms with Crippen molar-refractivity contribution in [3.63, 3.8) is 0 Å². The maximum absolute atomic E-state index is 13.3. The number of benzene rings is 3. The molecule has 0 bridgehead atoms. The van der Waals surface area contributed by atoms with Gasteiger partial charge in [-0.2, -0.15) is 13.2 Å². The van der Waals surface area contributed by atoms with Gasteiger partial charge in [-0.3, -0.25) is 9.59 Å². The summed E-state index contributed by atoms with van der Waals surface area (Å²) in [5, 5.41) is 5.75. The number of fused-ring (bicyclic) bond motifs is 1. The molecule has 1 aliphatic heterocycles. The first-order valence-electron chi connectivity index (χ1n) is 12.5. The molecule has 1 atom stereocenters. The van der Waals surface area contributed by atoms with Crippen molar-refractivity contribution in [2.45, 2.75) is 44.9 Å². The van der Waals surface area contributed by atoms with Crippen LogP contribution in [0.15, 0.2) is 66.7 Å². The molecular formula is C29H29F3N4O3. The molecule has 0 radical (unpaired) electrons. The molecule has 0 aliphatic carbocycles. The van der Waals surface area contributed by atoms with Crippen molar-refractivity contribution < 1.29 is 27.6 Å². The molecule has 0 spiro atoms. The summed E-state index contributed by atoms with van der Waals surface area (Å²) in [7, 11) is 0. The van der Waals surface area contributed by atoms with Gasteiger partial charge in [0.1, 0.15) is 0 Å². The predicted octanol–water partition coefficient (Wildman–Crippen LogP) is 5.41. The van der Waals surface area contributed by atoms with E-state index in [1.165, 1.54) is 19.1 Å². The first kappa shape index (κ1) is 27.7. The molecule has 10 heteroatoms. The molecule has 4 N–H and O–H groups in total. The summed E-state index contributed by atoms with van der Waals surface area (Å²) in [6.07, 6.45) is -3.52. The first-order chi connectivity index (χ1) is 18.5. The minimum atomic E-state index is -4.45. The SMILES string of the molecule is CC(=O)Nc1cc2c(c(-c3ccc(C(F)(F)F)cc3)c1)CCN(C(=O)N[C@@H](CCC(N)=O)c1ccccc1)C2. The van der Waals surface area contributed by atoms with Crippen LogP contribution in [0.3, 0.4) is 0 Å². The van der Waals surface area contributed by atoms with Gasteiger partial charge in [-0.05, 0) is 64.9 Å². The highest BCUT2D eigenvalue weighted by atomic mass is 19.4. The number of hydrogen-bond donors (Lipinski definition) is 3. The number of hydrogen-bond acceptors (Lipinski definition) is 3. The maximum atomic E-state index is 13.3. The lowest BCUT2D eigenvalue weighted by atomic mass is 9.89. The molecule has 3 aromatic carbocycles. The van der Waals surface area contributed by atoms with Crippen molar-refractivity contribution in [3.05, 3.63) is 89.0 Å². The fourth-order valence-corrected chi connectivity index (χ4v) is 4.78. The van der Waals surface area contributed by atoms with E-state index in [0.717, 1.165) is 28.8 Å². The molecule has 4 rings (SSSR count). The van der Waals surface area contributed by atoms with Crippen LogP contribution in [-0.2, 0) is 28.7 Å². The molecular weight excluding hydrogens is 509 g/mol. The van der Waals surface area contributed by atoms with Gasteiger partial charge in [-0.1, -0.05) is 42.5 Å². The molecule has 204 valence electrons. The van der Waals surface area contributed by atoms with E-state index in [-0.39, 0.29) is 24.9 Å². The lowest BCUT2D eigenvalue weighted by Crippen LogP contribution is -2.44. The van der Waals surface area contributed by atoms with Gasteiger partial charge < -0.3 is 21.3 Å². The van der Waals surface area contributed by atoms with Gasteiger partial charge in [0.15, 0.2) is 0 Å². The Morgan fingerprint density at radius 3 is 2.33 bits per heavy atom. The van der Waals surface area contributed by atoms with Crippen molar-refractivity contribution in [1.82, 2.24) is 10.2 Å². The van der Waals surface area contributed by atoms with Crippen LogP contribution in [0.25, 0.3) is 11.1 Å². The zero-order valence-corrected chi connectivity index (χ0v) is 21.3. The number of anilines is 1. The van der Waals surface area contributed by atoms with Crippen LogP contribution >= 0.6 is 0 Å². The molecule has 0 unspecified atom stereocenters. The average molecular weight is 539 g/mol. The Balaban J connectivity index is 1.60. The normalized spacial score (nSPS) is 13.8. The number of rotatable bonds is 7. The summed E-state index contributed by atoms with van der Waals surface area (Å²) in [6, 6.07) is 17.0. The number of alkyl halides is 3. The van der Waals surface area contributed by atoms with Gasteiger partial charge in [0, 0.05) is 32.1 Å². The van der Waals surface area contributed by atoms with Gasteiger partial charge in [0.25, 0.3) is 0 Å². The molecule has 39 heavy (non-hydrogen) atoms. The number of primary amides is 1. The number of nitrogens with zero attached hydrogens (tertiary/aromatic N) is 1. The number of halogens is 3. The second-order valence-electron chi connectivity index (χ2n) is 9.51. The van der Waals surface area contributed by atoms with Crippen LogP contribution in [0.2, 0.25) is 0 Å². The van der Waals surface area contributed by atoms with Crippen LogP contribution < -0.4 is 16.4 Å². The monoisotopic (exact) mass is 538 g/mol. The smallest absolute Gasteiger partial charge is 0.370 e. The minimum Gasteiger partial charge on any atom is -0.370 e. The Morgan fingerprint density at radius 2 is 1.72 bits per heavy atom. The summed E-state index contributed by atoms with van der Waals surface area (Å²) in [5.41, 5.74) is 8.90. The van der Waals surface area contributed by atoms with Crippen molar-refractivity contribution in [2.24, 2.45) is 5.73 Å². The summed E-state index contributed by atoms with van der Waals surface area (Å²) in [5.74, 6) is -0.753. The molecule has 0 saturated carbocycles. The van der Waals surface area contributed by atoms with E-state index < -0.39 is 23.7 Å². The molecule has 1 aliphatic rings. The number of carbonyl (C=O) groups is 3. The number of urea groups is 1. The lowest BCUT2D eigenvalue weighted by molar-refractivity contribution is -0.137. The second kappa shape index (κ2) is 11.6. The molecule has 0 aromatic heterocycles. The minimum absolute atomic E-state index is 0.110. The van der Waals surface area contributed by atoms with E-state index in [0.29, 0.717) is 36.2 Å². The van der Waals surface area contributed by atoms with Crippen molar-refractivity contribution >= 4 is 23.5 Å². The molecule has 0 fully saturated rings. The third kappa shape index (κ3) is 6.95. The number of nitrogens with one attached hydrogen (secondary N) is 2. The largest absolute Gasteiger partial charge is 0.416 e. The third-order valence-electron chi connectivity index (χ3n) is 6.65. The number of amides is 4. The van der Waals surface area contributed by atoms with E-state index in [2.05, 4.69) is 10.6 Å². The molecule has 1 heterocycles. The standard InChI is InChI=1S/C29H29F3N4O3/c1-18(37)34-23-15-21-17-36(28(39)35-26(11-12-27(33)38)20-5-3-2-4-6-20)14-13-24(21)25(16-23)19-7-9-22(10-8-19)29(30,31)32/h2-10,15-16,26H,11-14,17H2,1H3,(H2,33,38)(H,34,37)(H,35,39)/t26-/m0/s1. The van der Waals surface area contributed by atoms with Crippen molar-refractivity contribution in [1.29, 1.82) is 0 Å². The van der Waals surface area contributed by atoms with Crippen LogP contribution in [0.4, 0.5) is 23.7 Å². The van der Waals surface area contributed by atoms with Gasteiger partial charge in [0.2, 0.25) is 11.8 Å². The van der Waals surface area contributed by atoms with Crippen LogP contribution in [0.5, 0.6) is 0 Å². The van der Waals surface area contributed by atoms with E-state index >= 15 is 0 Å². The van der Waals surface area contributed by atoms with Crippen LogP contribution in [0, 0.1) is 0 Å². The number of carbonyl (C=O) groups excluding carboxylic acids is 3. The first-order valence-corrected chi connectivity index (χ1v) is 12.5. The zero-order chi connectivity index (χ0) is 28.2. The lowest BCUT2D eigenvalue weighted by Gasteiger charge is -2.32. The van der Waals surface area contributed by atoms with Gasteiger partial charge in [-0.25, -0.2) is 4.79 Å². The van der Waals surface area contributed by atoms with E-state index in [9.17, 15) is 27.6 Å². The highest BCUT2D eigenvalue weighted by Crippen LogP contribution is 2.36. The second-order valence-corrected chi connectivity index (χ2v) is 9.51. The van der Waals surface area contributed by atoms with Gasteiger partial charge in [0.05, 0.1) is 11.6 Å². The Morgan fingerprint density at radius 1 is 1.03 bits per heavy atom. The van der Waals surface area contributed by atoms with Crippen molar-refractivity contribution in [2.75, 3.05) is 11.9 Å². The van der Waals surface area contributed by atoms with E-state index in [4.69, 9.17) is 5.73 Å². The summed E-state index contributed by atoms with van der Waals surface area (Å²) in [6.45, 7) is 1.98. The molecule has 4 amide bonds. The quantitative estimate of drug-likeness (QED) is 0.375. The van der Waals surface area contributed by atoms with Crippen molar-refractivity contribution in [3.8, 4) is 11.1 Å². The predicted molar refractivity (Wildman–Crippen MR) is 141 cm³/mol. The summed E-state index contributed by atoms with van der Waals surface area (Å²) in [4.78, 5) is 38.1. The fraction of sp³-hybridized carbons (Fsp3) is 0.276. The maximum Gasteiger partial charge on any atom is 0.416 e. The van der Waals surface area contributed by atoms with Crippen LogP contribution in [-0.4, -0.2) is 29.3 Å². The Bertz CT molecular complexity index is 1360. The highest BCUT2D eigenvalue weighted by molar-refractivity contribution is 5.90. The van der Waals surface area contributed by atoms with E-state index in [1.807, 2.05) is 30.3 Å². The number of nitrogens with two attached hydrogens (primary N) is 1. The molecule has 7 nitrogen and oxygen atoms in total. The van der Waals surface area contributed by atoms with Gasteiger partial charge in [-0.15, -0.1) is 0 Å². The fourth-order valence-electron chi connectivity index (χ4n) is 4.78. The topological polar surface area (TPSA) is 105 Å². The Kier molecular flexibility index (Phi) is 8.23. The highest BCUT2D eigenvalue weighted by Gasteiger charge is 2.30. The summed E-state index contributed by atoms with van der Waals surface area (Å²) >= 11 is 0. The third-order valence-corrected chi connectivity index (χ3v) is 6.65. The Hall–Kier alpha value is -4.34. The zero-order valence-electron chi connectivity index (χ0n) is 21.3. The van der Waals surface area contributed by atoms with Crippen LogP contribution in [0.1, 0.15) is 48.1 Å².